The van der Waals surface area contributed by atoms with Gasteiger partial charge < -0.3 is 16.4 Å². The zero-order valence-corrected chi connectivity index (χ0v) is 10.6. The molecule has 2 rings (SSSR count). The van der Waals surface area contributed by atoms with Gasteiger partial charge in [-0.05, 0) is 29.5 Å². The highest BCUT2D eigenvalue weighted by Crippen LogP contribution is 2.32. The molecule has 1 amide bonds. The molecule has 0 aromatic heterocycles. The third kappa shape index (κ3) is 3.69. The van der Waals surface area contributed by atoms with E-state index in [9.17, 15) is 18.0 Å². The smallest absolute Gasteiger partial charge is 0.397 e. The lowest BCUT2D eigenvalue weighted by Gasteiger charge is -2.12. The maximum atomic E-state index is 11.9. The Kier molecular flexibility index (Phi) is 3.79. The molecule has 0 atom stereocenters. The van der Waals surface area contributed by atoms with Crippen LogP contribution in [0.4, 0.5) is 30.2 Å². The lowest BCUT2D eigenvalue weighted by molar-refractivity contribution is -0.115. The van der Waals surface area contributed by atoms with Crippen LogP contribution in [0.15, 0.2) is 12.1 Å². The number of halogens is 3. The molecular formula is C11H12F3N3OS. The molecule has 8 heteroatoms. The molecule has 1 aliphatic rings. The van der Waals surface area contributed by atoms with E-state index < -0.39 is 5.51 Å². The number of alkyl halides is 3. The molecule has 4 N–H and O–H groups in total. The first kappa shape index (κ1) is 13.9. The summed E-state index contributed by atoms with van der Waals surface area (Å²) in [6.07, 6.45) is 0.281. The second kappa shape index (κ2) is 5.20. The van der Waals surface area contributed by atoms with Crippen molar-refractivity contribution in [3.05, 3.63) is 17.7 Å². The molecule has 0 unspecified atom stereocenters. The molecule has 1 aromatic carbocycles. The van der Waals surface area contributed by atoms with Gasteiger partial charge in [0.15, 0.2) is 0 Å². The van der Waals surface area contributed by atoms with E-state index in [1.54, 1.807) is 12.1 Å². The van der Waals surface area contributed by atoms with Gasteiger partial charge in [0.25, 0.3) is 0 Å². The minimum atomic E-state index is -4.22. The maximum Gasteiger partial charge on any atom is 0.441 e. The molecule has 0 saturated heterocycles. The van der Waals surface area contributed by atoms with E-state index in [4.69, 9.17) is 5.73 Å². The van der Waals surface area contributed by atoms with Crippen molar-refractivity contribution in [3.8, 4) is 0 Å². The van der Waals surface area contributed by atoms with Crippen molar-refractivity contribution in [1.29, 1.82) is 0 Å². The molecule has 0 fully saturated rings. The minimum absolute atomic E-state index is 0.0885. The highest BCUT2D eigenvalue weighted by Gasteiger charge is 2.27. The number of thioether (sulfide) groups is 1. The Bertz CT molecular complexity index is 505. The van der Waals surface area contributed by atoms with E-state index in [2.05, 4.69) is 10.6 Å². The lowest BCUT2D eigenvalue weighted by Crippen LogP contribution is -2.10. The van der Waals surface area contributed by atoms with Gasteiger partial charge in [0, 0.05) is 18.0 Å². The number of amides is 1. The summed E-state index contributed by atoms with van der Waals surface area (Å²) in [5.41, 5.74) is 3.97. The zero-order valence-electron chi connectivity index (χ0n) is 9.80. The van der Waals surface area contributed by atoms with Gasteiger partial charge in [0.05, 0.1) is 17.8 Å². The van der Waals surface area contributed by atoms with Gasteiger partial charge in [-0.15, -0.1) is 0 Å². The van der Waals surface area contributed by atoms with Crippen molar-refractivity contribution < 1.29 is 18.0 Å². The van der Waals surface area contributed by atoms with Gasteiger partial charge >= 0.3 is 5.51 Å². The molecule has 4 nitrogen and oxygen atoms in total. The number of hydrogen-bond acceptors (Lipinski definition) is 4. The average Bonchev–Trinajstić information content (AvgIpc) is 2.62. The van der Waals surface area contributed by atoms with Crippen LogP contribution in [0.3, 0.4) is 0 Å². The number of nitrogens with one attached hydrogen (secondary N) is 2. The fourth-order valence-corrected chi connectivity index (χ4v) is 2.23. The summed E-state index contributed by atoms with van der Waals surface area (Å²) in [7, 11) is 0. The molecule has 0 spiro atoms. The van der Waals surface area contributed by atoms with Crippen LogP contribution in [-0.2, 0) is 11.2 Å². The van der Waals surface area contributed by atoms with Crippen LogP contribution in [0, 0.1) is 0 Å². The van der Waals surface area contributed by atoms with Gasteiger partial charge in [-0.25, -0.2) is 0 Å². The number of nitrogen functional groups attached to an aromatic ring is 1. The summed E-state index contributed by atoms with van der Waals surface area (Å²) < 4.78 is 35.8. The fourth-order valence-electron chi connectivity index (χ4n) is 1.80. The molecule has 1 aliphatic heterocycles. The van der Waals surface area contributed by atoms with E-state index in [0.29, 0.717) is 17.1 Å². The second-order valence-electron chi connectivity index (χ2n) is 4.04. The highest BCUT2D eigenvalue weighted by molar-refractivity contribution is 8.00. The highest BCUT2D eigenvalue weighted by atomic mass is 32.2. The Morgan fingerprint density at radius 3 is 2.84 bits per heavy atom. The first-order valence-corrected chi connectivity index (χ1v) is 6.50. The normalized spacial score (nSPS) is 14.2. The standard InChI is InChI=1S/C11H12F3N3OS/c12-11(13,14)19-2-1-16-9-5-8-6(3-7(9)15)4-10(18)17-8/h3,5,16H,1-2,4,15H2,(H,17,18). The third-order valence-corrected chi connectivity index (χ3v) is 3.32. The Morgan fingerprint density at radius 2 is 2.16 bits per heavy atom. The van der Waals surface area contributed by atoms with Gasteiger partial charge in [-0.2, -0.15) is 13.2 Å². The summed E-state index contributed by atoms with van der Waals surface area (Å²) in [4.78, 5) is 11.2. The Labute approximate surface area is 111 Å². The molecule has 0 radical (unpaired) electrons. The predicted octanol–water partition coefficient (Wildman–Crippen LogP) is 2.43. The molecule has 0 aliphatic carbocycles. The van der Waals surface area contributed by atoms with Gasteiger partial charge in [0.2, 0.25) is 5.91 Å². The number of fused-ring (bicyclic) bond motifs is 1. The Hall–Kier alpha value is -1.57. The van der Waals surface area contributed by atoms with Crippen LogP contribution in [0.25, 0.3) is 0 Å². The number of rotatable bonds is 4. The largest absolute Gasteiger partial charge is 0.441 e. The number of anilines is 3. The first-order valence-electron chi connectivity index (χ1n) is 5.52. The minimum Gasteiger partial charge on any atom is -0.397 e. The molecule has 104 valence electrons. The second-order valence-corrected chi connectivity index (χ2v) is 5.20. The topological polar surface area (TPSA) is 67.2 Å². The van der Waals surface area contributed by atoms with Crippen molar-refractivity contribution in [2.24, 2.45) is 0 Å². The Morgan fingerprint density at radius 1 is 1.42 bits per heavy atom. The molecular weight excluding hydrogens is 279 g/mol. The number of carbonyl (C=O) groups is 1. The molecule has 0 saturated carbocycles. The molecule has 0 bridgehead atoms. The summed E-state index contributed by atoms with van der Waals surface area (Å²) in [6, 6.07) is 3.31. The SMILES string of the molecule is Nc1cc2c(cc1NCCSC(F)(F)F)NC(=O)C2. The van der Waals surface area contributed by atoms with E-state index >= 15 is 0 Å². The number of hydrogen-bond donors (Lipinski definition) is 3. The van der Waals surface area contributed by atoms with Crippen molar-refractivity contribution in [2.75, 3.05) is 28.7 Å². The maximum absolute atomic E-state index is 11.9. The van der Waals surface area contributed by atoms with Crippen molar-refractivity contribution in [3.63, 3.8) is 0 Å². The van der Waals surface area contributed by atoms with E-state index in [0.717, 1.165) is 5.56 Å². The lowest BCUT2D eigenvalue weighted by atomic mass is 10.1. The average molecular weight is 291 g/mol. The third-order valence-electron chi connectivity index (χ3n) is 2.58. The summed E-state index contributed by atoms with van der Waals surface area (Å²) in [5, 5.41) is 5.49. The van der Waals surface area contributed by atoms with Crippen LogP contribution in [0.5, 0.6) is 0 Å². The van der Waals surface area contributed by atoms with Crippen LogP contribution >= 0.6 is 11.8 Å². The Balaban J connectivity index is 1.95. The van der Waals surface area contributed by atoms with Crippen LogP contribution in [0.1, 0.15) is 5.56 Å². The molecule has 1 heterocycles. The summed E-state index contributed by atoms with van der Waals surface area (Å²) >= 11 is -0.0885. The summed E-state index contributed by atoms with van der Waals surface area (Å²) in [6.45, 7) is 0.140. The number of benzene rings is 1. The van der Waals surface area contributed by atoms with Crippen LogP contribution in [-0.4, -0.2) is 23.7 Å². The number of carbonyl (C=O) groups excluding carboxylic acids is 1. The number of nitrogens with two attached hydrogens (primary N) is 1. The van der Waals surface area contributed by atoms with Crippen LogP contribution in [0.2, 0.25) is 0 Å². The zero-order chi connectivity index (χ0) is 14.0. The van der Waals surface area contributed by atoms with Crippen LogP contribution < -0.4 is 16.4 Å². The monoisotopic (exact) mass is 291 g/mol. The van der Waals surface area contributed by atoms with Crippen molar-refractivity contribution in [2.45, 2.75) is 11.9 Å². The molecule has 1 aromatic rings. The van der Waals surface area contributed by atoms with Crippen molar-refractivity contribution >= 4 is 34.7 Å². The van der Waals surface area contributed by atoms with Gasteiger partial charge in [0.1, 0.15) is 0 Å². The quantitative estimate of drug-likeness (QED) is 0.589. The fraction of sp³-hybridized carbons (Fsp3) is 0.364. The van der Waals surface area contributed by atoms with E-state index in [1.807, 2.05) is 0 Å². The van der Waals surface area contributed by atoms with Crippen molar-refractivity contribution in [1.82, 2.24) is 0 Å². The first-order chi connectivity index (χ1) is 8.85. The predicted molar refractivity (Wildman–Crippen MR) is 70.2 cm³/mol. The van der Waals surface area contributed by atoms with Gasteiger partial charge in [-0.1, -0.05) is 0 Å². The summed E-state index contributed by atoms with van der Waals surface area (Å²) in [5.74, 6) is -0.217. The van der Waals surface area contributed by atoms with E-state index in [-0.39, 0.29) is 36.4 Å². The molecule has 19 heavy (non-hydrogen) atoms. The van der Waals surface area contributed by atoms with E-state index in [1.165, 1.54) is 0 Å². The van der Waals surface area contributed by atoms with Gasteiger partial charge in [-0.3, -0.25) is 4.79 Å².